The molecular weight excluding hydrogens is 321 g/mol. The van der Waals surface area contributed by atoms with Crippen LogP contribution in [-0.2, 0) is 0 Å². The normalized spacial score (nSPS) is 21.4. The number of piperidine rings is 1. The van der Waals surface area contributed by atoms with Gasteiger partial charge in [-0.2, -0.15) is 0 Å². The maximum atomic E-state index is 14.0. The van der Waals surface area contributed by atoms with Crippen LogP contribution < -0.4 is 0 Å². The van der Waals surface area contributed by atoms with Gasteiger partial charge in [-0.05, 0) is 59.2 Å². The second-order valence-electron chi connectivity index (χ2n) is 6.10. The van der Waals surface area contributed by atoms with E-state index in [1.807, 2.05) is 4.90 Å². The molecule has 1 aliphatic heterocycles. The molecular formula is C16H19BrFNO. The second kappa shape index (κ2) is 5.47. The highest BCUT2D eigenvalue weighted by atomic mass is 79.9. The molecule has 2 fully saturated rings. The maximum Gasteiger partial charge on any atom is 0.256 e. The van der Waals surface area contributed by atoms with Crippen LogP contribution in [0, 0.1) is 11.2 Å². The topological polar surface area (TPSA) is 20.3 Å². The number of likely N-dealkylation sites (tertiary alicyclic amines) is 1. The summed E-state index contributed by atoms with van der Waals surface area (Å²) in [5.41, 5.74) is 0.661. The standard InChI is InChI=1S/C16H19BrFNO/c17-13-5-3-4-12(14(13)18)15(20)19-10-8-16(9-11-19)6-1-2-7-16/h3-5H,1-2,6-11H2. The minimum Gasteiger partial charge on any atom is -0.339 e. The van der Waals surface area contributed by atoms with Gasteiger partial charge in [-0.15, -0.1) is 0 Å². The van der Waals surface area contributed by atoms with E-state index in [4.69, 9.17) is 0 Å². The zero-order valence-electron chi connectivity index (χ0n) is 11.5. The molecule has 108 valence electrons. The summed E-state index contributed by atoms with van der Waals surface area (Å²) < 4.78 is 14.4. The van der Waals surface area contributed by atoms with Gasteiger partial charge in [0, 0.05) is 13.1 Å². The average molecular weight is 340 g/mol. The number of carbonyl (C=O) groups excluding carboxylic acids is 1. The Bertz CT molecular complexity index is 515. The summed E-state index contributed by atoms with van der Waals surface area (Å²) in [6.07, 6.45) is 7.42. The van der Waals surface area contributed by atoms with Gasteiger partial charge in [0.2, 0.25) is 0 Å². The van der Waals surface area contributed by atoms with Gasteiger partial charge in [0.15, 0.2) is 0 Å². The molecule has 20 heavy (non-hydrogen) atoms. The Morgan fingerprint density at radius 3 is 2.45 bits per heavy atom. The fraction of sp³-hybridized carbons (Fsp3) is 0.562. The molecule has 1 saturated carbocycles. The lowest BCUT2D eigenvalue weighted by atomic mass is 9.77. The van der Waals surface area contributed by atoms with Crippen LogP contribution in [0.25, 0.3) is 0 Å². The number of hydrogen-bond donors (Lipinski definition) is 0. The summed E-state index contributed by atoms with van der Waals surface area (Å²) >= 11 is 3.14. The van der Waals surface area contributed by atoms with E-state index in [0.29, 0.717) is 9.89 Å². The van der Waals surface area contributed by atoms with Crippen molar-refractivity contribution in [2.75, 3.05) is 13.1 Å². The molecule has 3 rings (SSSR count). The van der Waals surface area contributed by atoms with Crippen molar-refractivity contribution in [2.45, 2.75) is 38.5 Å². The number of carbonyl (C=O) groups is 1. The molecule has 1 aromatic carbocycles. The van der Waals surface area contributed by atoms with E-state index in [-0.39, 0.29) is 11.5 Å². The first-order chi connectivity index (χ1) is 9.61. The van der Waals surface area contributed by atoms with E-state index in [1.54, 1.807) is 18.2 Å². The molecule has 1 aromatic rings. The summed E-state index contributed by atoms with van der Waals surface area (Å²) in [7, 11) is 0. The SMILES string of the molecule is O=C(c1cccc(Br)c1F)N1CCC2(CCCC2)CC1. The second-order valence-corrected chi connectivity index (χ2v) is 6.96. The first-order valence-corrected chi connectivity index (χ1v) is 8.14. The zero-order chi connectivity index (χ0) is 14.2. The van der Waals surface area contributed by atoms with Crippen molar-refractivity contribution in [2.24, 2.45) is 5.41 Å². The van der Waals surface area contributed by atoms with Gasteiger partial charge in [0.1, 0.15) is 5.82 Å². The molecule has 1 spiro atoms. The molecule has 0 unspecified atom stereocenters. The van der Waals surface area contributed by atoms with Crippen molar-refractivity contribution < 1.29 is 9.18 Å². The zero-order valence-corrected chi connectivity index (χ0v) is 13.1. The third kappa shape index (κ3) is 2.50. The number of benzene rings is 1. The molecule has 0 atom stereocenters. The van der Waals surface area contributed by atoms with Crippen LogP contribution in [0.4, 0.5) is 4.39 Å². The number of halogens is 2. The van der Waals surface area contributed by atoms with Crippen LogP contribution >= 0.6 is 15.9 Å². The Balaban J connectivity index is 1.71. The van der Waals surface area contributed by atoms with Gasteiger partial charge < -0.3 is 4.90 Å². The summed E-state index contributed by atoms with van der Waals surface area (Å²) in [5, 5.41) is 0. The molecule has 1 saturated heterocycles. The first-order valence-electron chi connectivity index (χ1n) is 7.35. The van der Waals surface area contributed by atoms with E-state index in [9.17, 15) is 9.18 Å². The highest BCUT2D eigenvalue weighted by molar-refractivity contribution is 9.10. The summed E-state index contributed by atoms with van der Waals surface area (Å²) in [5.74, 6) is -0.615. The van der Waals surface area contributed by atoms with E-state index in [0.717, 1.165) is 25.9 Å². The molecule has 0 aromatic heterocycles. The predicted molar refractivity (Wildman–Crippen MR) is 80.1 cm³/mol. The predicted octanol–water partition coefficient (Wildman–Crippen LogP) is 4.38. The Kier molecular flexibility index (Phi) is 3.85. The molecule has 0 N–H and O–H groups in total. The summed E-state index contributed by atoms with van der Waals surface area (Å²) in [6, 6.07) is 4.90. The molecule has 1 amide bonds. The van der Waals surface area contributed by atoms with Crippen LogP contribution in [0.15, 0.2) is 22.7 Å². The van der Waals surface area contributed by atoms with Crippen molar-refractivity contribution in [3.63, 3.8) is 0 Å². The highest BCUT2D eigenvalue weighted by Gasteiger charge is 2.38. The van der Waals surface area contributed by atoms with Crippen LogP contribution in [0.2, 0.25) is 0 Å². The van der Waals surface area contributed by atoms with Crippen LogP contribution in [0.1, 0.15) is 48.9 Å². The Labute approximate surface area is 127 Å². The molecule has 0 bridgehead atoms. The lowest BCUT2D eigenvalue weighted by molar-refractivity contribution is 0.0583. The van der Waals surface area contributed by atoms with Gasteiger partial charge in [-0.3, -0.25) is 4.79 Å². The third-order valence-corrected chi connectivity index (χ3v) is 5.57. The largest absolute Gasteiger partial charge is 0.339 e. The minimum absolute atomic E-state index is 0.170. The monoisotopic (exact) mass is 339 g/mol. The smallest absolute Gasteiger partial charge is 0.256 e. The number of amides is 1. The third-order valence-electron chi connectivity index (χ3n) is 4.96. The fourth-order valence-electron chi connectivity index (χ4n) is 3.65. The number of nitrogens with zero attached hydrogens (tertiary/aromatic N) is 1. The molecule has 1 aliphatic carbocycles. The minimum atomic E-state index is -0.446. The van der Waals surface area contributed by atoms with Crippen molar-refractivity contribution in [3.05, 3.63) is 34.1 Å². The Morgan fingerprint density at radius 1 is 1.15 bits per heavy atom. The van der Waals surface area contributed by atoms with Crippen molar-refractivity contribution in [3.8, 4) is 0 Å². The van der Waals surface area contributed by atoms with Gasteiger partial charge in [0.25, 0.3) is 5.91 Å². The Morgan fingerprint density at radius 2 is 1.80 bits per heavy atom. The number of rotatable bonds is 1. The summed E-state index contributed by atoms with van der Waals surface area (Å²) in [4.78, 5) is 14.3. The van der Waals surface area contributed by atoms with Crippen LogP contribution in [0.3, 0.4) is 0 Å². The lowest BCUT2D eigenvalue weighted by Crippen LogP contribution is -2.42. The van der Waals surface area contributed by atoms with Gasteiger partial charge >= 0.3 is 0 Å². The number of hydrogen-bond acceptors (Lipinski definition) is 1. The van der Waals surface area contributed by atoms with Crippen molar-refractivity contribution >= 4 is 21.8 Å². The van der Waals surface area contributed by atoms with Crippen LogP contribution in [-0.4, -0.2) is 23.9 Å². The average Bonchev–Trinajstić information content (AvgIpc) is 2.90. The van der Waals surface area contributed by atoms with Gasteiger partial charge in [-0.1, -0.05) is 18.9 Å². The van der Waals surface area contributed by atoms with Crippen molar-refractivity contribution in [1.82, 2.24) is 4.90 Å². The van der Waals surface area contributed by atoms with E-state index in [1.165, 1.54) is 25.7 Å². The molecule has 2 nitrogen and oxygen atoms in total. The first kappa shape index (κ1) is 14.1. The molecule has 0 radical (unpaired) electrons. The van der Waals surface area contributed by atoms with Gasteiger partial charge in [-0.25, -0.2) is 4.39 Å². The van der Waals surface area contributed by atoms with E-state index < -0.39 is 5.82 Å². The van der Waals surface area contributed by atoms with Crippen molar-refractivity contribution in [1.29, 1.82) is 0 Å². The fourth-order valence-corrected chi connectivity index (χ4v) is 4.01. The molecule has 4 heteroatoms. The highest BCUT2D eigenvalue weighted by Crippen LogP contribution is 2.46. The molecule has 2 aliphatic rings. The van der Waals surface area contributed by atoms with Gasteiger partial charge in [0.05, 0.1) is 10.0 Å². The van der Waals surface area contributed by atoms with E-state index >= 15 is 0 Å². The molecule has 1 heterocycles. The maximum absolute atomic E-state index is 14.0. The van der Waals surface area contributed by atoms with E-state index in [2.05, 4.69) is 15.9 Å². The quantitative estimate of drug-likeness (QED) is 0.743. The van der Waals surface area contributed by atoms with Crippen LogP contribution in [0.5, 0.6) is 0 Å². The summed E-state index contributed by atoms with van der Waals surface area (Å²) in [6.45, 7) is 1.54. The Hall–Kier alpha value is -0.900. The lowest BCUT2D eigenvalue weighted by Gasteiger charge is -2.39.